The lowest BCUT2D eigenvalue weighted by Crippen LogP contribution is -2.16. The molecule has 1 heterocycles. The van der Waals surface area contributed by atoms with Crippen LogP contribution in [0.2, 0.25) is 0 Å². The molecule has 0 fully saturated rings. The number of aryl methyl sites for hydroxylation is 1. The van der Waals surface area contributed by atoms with E-state index in [1.54, 1.807) is 12.1 Å². The summed E-state index contributed by atoms with van der Waals surface area (Å²) in [7, 11) is 1.44. The second kappa shape index (κ2) is 6.91. The second-order valence-electron chi connectivity index (χ2n) is 4.40. The first kappa shape index (κ1) is 17.5. The molecule has 0 amide bonds. The summed E-state index contributed by atoms with van der Waals surface area (Å²) in [5.74, 6) is -0.347. The Kier molecular flexibility index (Phi) is 5.74. The molecular formula is C13H14ClF4N3. The van der Waals surface area contributed by atoms with Crippen molar-refractivity contribution < 1.29 is 17.6 Å². The normalized spacial score (nSPS) is 11.3. The van der Waals surface area contributed by atoms with Gasteiger partial charge in [-0.3, -0.25) is 4.68 Å². The van der Waals surface area contributed by atoms with Crippen LogP contribution in [-0.2, 0) is 26.3 Å². The molecule has 2 rings (SSSR count). The Balaban J connectivity index is 0.00000220. The van der Waals surface area contributed by atoms with Gasteiger partial charge in [-0.1, -0.05) is 12.1 Å². The number of alkyl halides is 3. The minimum Gasteiger partial charge on any atom is -0.308 e. The van der Waals surface area contributed by atoms with E-state index in [0.717, 1.165) is 10.2 Å². The van der Waals surface area contributed by atoms with Gasteiger partial charge in [0, 0.05) is 31.9 Å². The van der Waals surface area contributed by atoms with Crippen LogP contribution < -0.4 is 5.32 Å². The monoisotopic (exact) mass is 323 g/mol. The van der Waals surface area contributed by atoms with Gasteiger partial charge in [0.15, 0.2) is 5.69 Å². The van der Waals surface area contributed by atoms with Gasteiger partial charge in [-0.2, -0.15) is 18.3 Å². The van der Waals surface area contributed by atoms with Crippen LogP contribution in [0.5, 0.6) is 0 Å². The highest BCUT2D eigenvalue weighted by atomic mass is 35.5. The Labute approximate surface area is 125 Å². The largest absolute Gasteiger partial charge is 0.435 e. The second-order valence-corrected chi connectivity index (χ2v) is 4.40. The number of benzene rings is 1. The van der Waals surface area contributed by atoms with E-state index in [2.05, 4.69) is 10.4 Å². The van der Waals surface area contributed by atoms with Crippen LogP contribution in [0, 0.1) is 5.82 Å². The summed E-state index contributed by atoms with van der Waals surface area (Å²) < 4.78 is 52.0. The fourth-order valence-electron chi connectivity index (χ4n) is 1.85. The van der Waals surface area contributed by atoms with Crippen LogP contribution in [0.25, 0.3) is 0 Å². The number of nitrogens with one attached hydrogen (secondary N) is 1. The molecule has 116 valence electrons. The predicted molar refractivity (Wildman–Crippen MR) is 72.4 cm³/mol. The Morgan fingerprint density at radius 3 is 2.33 bits per heavy atom. The maximum Gasteiger partial charge on any atom is 0.435 e. The first-order valence-corrected chi connectivity index (χ1v) is 5.91. The van der Waals surface area contributed by atoms with E-state index in [9.17, 15) is 17.6 Å². The molecule has 3 nitrogen and oxygen atoms in total. The summed E-state index contributed by atoms with van der Waals surface area (Å²) >= 11 is 0. The molecule has 0 unspecified atom stereocenters. The average molecular weight is 324 g/mol. The number of aromatic nitrogens is 2. The van der Waals surface area contributed by atoms with Gasteiger partial charge in [-0.15, -0.1) is 12.4 Å². The third kappa shape index (κ3) is 4.71. The zero-order chi connectivity index (χ0) is 14.8. The number of rotatable bonds is 4. The number of nitrogens with zero attached hydrogens (tertiary/aromatic N) is 2. The van der Waals surface area contributed by atoms with E-state index in [1.165, 1.54) is 25.4 Å². The van der Waals surface area contributed by atoms with Crippen molar-refractivity contribution in [1.29, 1.82) is 0 Å². The summed E-state index contributed by atoms with van der Waals surface area (Å²) in [6.07, 6.45) is -3.13. The molecule has 0 saturated heterocycles. The van der Waals surface area contributed by atoms with Crippen molar-refractivity contribution in [2.24, 2.45) is 7.05 Å². The van der Waals surface area contributed by atoms with E-state index in [0.29, 0.717) is 6.54 Å². The summed E-state index contributed by atoms with van der Waals surface area (Å²) in [6, 6.07) is 5.77. The van der Waals surface area contributed by atoms with Gasteiger partial charge in [-0.05, 0) is 17.7 Å². The van der Waals surface area contributed by atoms with E-state index >= 15 is 0 Å². The molecule has 0 aliphatic carbocycles. The highest BCUT2D eigenvalue weighted by Gasteiger charge is 2.36. The Morgan fingerprint density at radius 1 is 1.14 bits per heavy atom. The highest BCUT2D eigenvalue weighted by Crippen LogP contribution is 2.30. The van der Waals surface area contributed by atoms with E-state index < -0.39 is 11.9 Å². The Bertz CT molecular complexity index is 578. The first-order valence-electron chi connectivity index (χ1n) is 5.91. The number of halogens is 5. The van der Waals surface area contributed by atoms with Crippen LogP contribution in [0.4, 0.5) is 17.6 Å². The minimum absolute atomic E-state index is 0. The van der Waals surface area contributed by atoms with Gasteiger partial charge in [0.05, 0.1) is 0 Å². The fraction of sp³-hybridized carbons (Fsp3) is 0.308. The van der Waals surface area contributed by atoms with Gasteiger partial charge < -0.3 is 5.32 Å². The molecular weight excluding hydrogens is 310 g/mol. The Hall–Kier alpha value is -1.60. The van der Waals surface area contributed by atoms with Crippen molar-refractivity contribution in [3.05, 3.63) is 53.1 Å². The van der Waals surface area contributed by atoms with Gasteiger partial charge in [0.25, 0.3) is 0 Å². The van der Waals surface area contributed by atoms with Crippen molar-refractivity contribution in [1.82, 2.24) is 15.1 Å². The molecule has 21 heavy (non-hydrogen) atoms. The third-order valence-corrected chi connectivity index (χ3v) is 2.73. The quantitative estimate of drug-likeness (QED) is 0.875. The lowest BCUT2D eigenvalue weighted by molar-refractivity contribution is -0.142. The van der Waals surface area contributed by atoms with Gasteiger partial charge >= 0.3 is 6.18 Å². The maximum atomic E-state index is 12.7. The molecule has 1 N–H and O–H groups in total. The standard InChI is InChI=1S/C13H13F4N3.ClH/c1-20-8-10(12(19-20)13(15,16)17)7-18-6-9-2-4-11(14)5-3-9;/h2-5,8,18H,6-7H2,1H3;1H. The van der Waals surface area contributed by atoms with Crippen molar-refractivity contribution in [3.8, 4) is 0 Å². The fourth-order valence-corrected chi connectivity index (χ4v) is 1.85. The zero-order valence-corrected chi connectivity index (χ0v) is 11.9. The highest BCUT2D eigenvalue weighted by molar-refractivity contribution is 5.85. The predicted octanol–water partition coefficient (Wildman–Crippen LogP) is 3.29. The molecule has 8 heteroatoms. The summed E-state index contributed by atoms with van der Waals surface area (Å²) in [4.78, 5) is 0. The molecule has 1 aromatic carbocycles. The lowest BCUT2D eigenvalue weighted by Gasteiger charge is -2.07. The molecule has 0 bridgehead atoms. The van der Waals surface area contributed by atoms with E-state index in [4.69, 9.17) is 0 Å². The van der Waals surface area contributed by atoms with Crippen LogP contribution in [0.1, 0.15) is 16.8 Å². The van der Waals surface area contributed by atoms with Gasteiger partial charge in [0.2, 0.25) is 0 Å². The molecule has 0 aliphatic rings. The van der Waals surface area contributed by atoms with Gasteiger partial charge in [0.1, 0.15) is 5.82 Å². The molecule has 0 atom stereocenters. The van der Waals surface area contributed by atoms with Crippen LogP contribution in [0.15, 0.2) is 30.5 Å². The van der Waals surface area contributed by atoms with E-state index in [1.807, 2.05) is 0 Å². The molecule has 0 saturated carbocycles. The van der Waals surface area contributed by atoms with Crippen molar-refractivity contribution in [2.45, 2.75) is 19.3 Å². The van der Waals surface area contributed by atoms with Crippen molar-refractivity contribution in [3.63, 3.8) is 0 Å². The molecule has 0 aliphatic heterocycles. The molecule has 0 radical (unpaired) electrons. The summed E-state index contributed by atoms with van der Waals surface area (Å²) in [6.45, 7) is 0.395. The number of hydrogen-bond donors (Lipinski definition) is 1. The topological polar surface area (TPSA) is 29.9 Å². The third-order valence-electron chi connectivity index (χ3n) is 2.73. The SMILES string of the molecule is Cl.Cn1cc(CNCc2ccc(F)cc2)c(C(F)(F)F)n1. The zero-order valence-electron chi connectivity index (χ0n) is 11.1. The average Bonchev–Trinajstić information content (AvgIpc) is 2.73. The van der Waals surface area contributed by atoms with Crippen LogP contribution in [0.3, 0.4) is 0 Å². The number of hydrogen-bond acceptors (Lipinski definition) is 2. The minimum atomic E-state index is -4.46. The summed E-state index contributed by atoms with van der Waals surface area (Å²) in [5.41, 5.74) is -0.00225. The molecule has 1 aromatic heterocycles. The maximum absolute atomic E-state index is 12.7. The lowest BCUT2D eigenvalue weighted by atomic mass is 10.2. The summed E-state index contributed by atoms with van der Waals surface area (Å²) in [5, 5.41) is 6.31. The van der Waals surface area contributed by atoms with Gasteiger partial charge in [-0.25, -0.2) is 4.39 Å². The van der Waals surface area contributed by atoms with Crippen molar-refractivity contribution in [2.75, 3.05) is 0 Å². The molecule has 2 aromatic rings. The first-order chi connectivity index (χ1) is 9.36. The van der Waals surface area contributed by atoms with Crippen molar-refractivity contribution >= 4 is 12.4 Å². The Morgan fingerprint density at radius 2 is 1.76 bits per heavy atom. The molecule has 0 spiro atoms. The smallest absolute Gasteiger partial charge is 0.308 e. The van der Waals surface area contributed by atoms with Crippen LogP contribution >= 0.6 is 12.4 Å². The van der Waals surface area contributed by atoms with Crippen LogP contribution in [-0.4, -0.2) is 9.78 Å². The van der Waals surface area contributed by atoms with E-state index in [-0.39, 0.29) is 30.3 Å².